The van der Waals surface area contributed by atoms with E-state index in [9.17, 15) is 19.0 Å². The highest BCUT2D eigenvalue weighted by Crippen LogP contribution is 2.43. The van der Waals surface area contributed by atoms with Gasteiger partial charge in [-0.2, -0.15) is 0 Å². The Hall–Kier alpha value is -2.81. The van der Waals surface area contributed by atoms with Gasteiger partial charge in [0.2, 0.25) is 0 Å². The Bertz CT molecular complexity index is 1490. The first-order chi connectivity index (χ1) is 35.0. The first-order valence-electron chi connectivity index (χ1n) is 29.3. The summed E-state index contributed by atoms with van der Waals surface area (Å²) in [5, 5.41) is 0. The van der Waals surface area contributed by atoms with Crippen LogP contribution in [-0.4, -0.2) is 74.9 Å². The fourth-order valence-corrected chi connectivity index (χ4v) is 8.64. The van der Waals surface area contributed by atoms with E-state index in [1.54, 1.807) is 0 Å². The highest BCUT2D eigenvalue weighted by molar-refractivity contribution is 7.47. The first kappa shape index (κ1) is 69.2. The monoisotopic (exact) mass is 1030 g/mol. The van der Waals surface area contributed by atoms with Crippen LogP contribution in [0.15, 0.2) is 85.1 Å². The number of rotatable bonds is 53. The number of esters is 2. The zero-order valence-corrected chi connectivity index (χ0v) is 48.0. The number of allylic oxidation sites excluding steroid dienone is 14. The average molecular weight is 1030 g/mol. The summed E-state index contributed by atoms with van der Waals surface area (Å²) < 4.78 is 34.5. The molecule has 0 saturated carbocycles. The minimum Gasteiger partial charge on any atom is -0.462 e. The van der Waals surface area contributed by atoms with E-state index in [1.807, 2.05) is 21.1 Å². The van der Waals surface area contributed by atoms with Crippen molar-refractivity contribution in [3.63, 3.8) is 0 Å². The van der Waals surface area contributed by atoms with E-state index in [-0.39, 0.29) is 32.0 Å². The van der Waals surface area contributed by atoms with Crippen LogP contribution in [0.25, 0.3) is 0 Å². The van der Waals surface area contributed by atoms with E-state index >= 15 is 0 Å². The summed E-state index contributed by atoms with van der Waals surface area (Å²) in [6.07, 6.45) is 70.9. The molecule has 0 heterocycles. The Labute approximate surface area is 443 Å². The maximum absolute atomic E-state index is 12.8. The summed E-state index contributed by atoms with van der Waals surface area (Å²) >= 11 is 0. The lowest BCUT2D eigenvalue weighted by molar-refractivity contribution is -0.870. The molecule has 0 aromatic heterocycles. The van der Waals surface area contributed by atoms with Crippen molar-refractivity contribution in [1.29, 1.82) is 0 Å². The fraction of sp³-hybridized carbons (Fsp3) is 0.742. The number of carbonyl (C=O) groups excluding carboxylic acids is 2. The molecule has 0 aromatic carbocycles. The van der Waals surface area contributed by atoms with E-state index < -0.39 is 26.5 Å². The van der Waals surface area contributed by atoms with Crippen molar-refractivity contribution in [2.75, 3.05) is 47.5 Å². The molecule has 0 radical (unpaired) electrons. The van der Waals surface area contributed by atoms with E-state index in [0.717, 1.165) is 96.3 Å². The van der Waals surface area contributed by atoms with Crippen LogP contribution in [0.3, 0.4) is 0 Å². The largest absolute Gasteiger partial charge is 0.472 e. The predicted molar refractivity (Wildman–Crippen MR) is 307 cm³/mol. The van der Waals surface area contributed by atoms with Crippen molar-refractivity contribution in [1.82, 2.24) is 0 Å². The molecule has 0 rings (SSSR count). The second-order valence-electron chi connectivity index (χ2n) is 20.6. The number of phosphoric ester groups is 1. The molecule has 0 saturated heterocycles. The van der Waals surface area contributed by atoms with Crippen LogP contribution in [0, 0.1) is 0 Å². The van der Waals surface area contributed by atoms with E-state index in [2.05, 4.69) is 98.9 Å². The molecule has 416 valence electrons. The Morgan fingerprint density at radius 1 is 0.444 bits per heavy atom. The van der Waals surface area contributed by atoms with Crippen molar-refractivity contribution >= 4 is 19.8 Å². The van der Waals surface area contributed by atoms with Gasteiger partial charge in [-0.25, -0.2) is 4.57 Å². The highest BCUT2D eigenvalue weighted by atomic mass is 31.2. The Kier molecular flexibility index (Phi) is 51.0. The zero-order chi connectivity index (χ0) is 52.7. The second kappa shape index (κ2) is 53.0. The van der Waals surface area contributed by atoms with Crippen molar-refractivity contribution in [3.8, 4) is 0 Å². The van der Waals surface area contributed by atoms with E-state index in [1.165, 1.54) is 116 Å². The number of phosphoric acid groups is 1. The third kappa shape index (κ3) is 56.5. The van der Waals surface area contributed by atoms with Crippen LogP contribution < -0.4 is 0 Å². The number of hydrogen-bond acceptors (Lipinski definition) is 7. The molecule has 0 aliphatic carbocycles. The van der Waals surface area contributed by atoms with Crippen LogP contribution >= 0.6 is 7.82 Å². The second-order valence-corrected chi connectivity index (χ2v) is 22.1. The lowest BCUT2D eigenvalue weighted by atomic mass is 10.0. The molecule has 0 amide bonds. The highest BCUT2D eigenvalue weighted by Gasteiger charge is 2.27. The fourth-order valence-electron chi connectivity index (χ4n) is 7.90. The van der Waals surface area contributed by atoms with Gasteiger partial charge in [0.15, 0.2) is 6.10 Å². The molecule has 0 spiro atoms. The predicted octanol–water partition coefficient (Wildman–Crippen LogP) is 18.3. The van der Waals surface area contributed by atoms with Crippen molar-refractivity contribution in [2.24, 2.45) is 0 Å². The molecule has 1 N–H and O–H groups in total. The first-order valence-corrected chi connectivity index (χ1v) is 30.8. The lowest BCUT2D eigenvalue weighted by Crippen LogP contribution is -2.37. The average Bonchev–Trinajstić information content (AvgIpc) is 3.34. The van der Waals surface area contributed by atoms with Gasteiger partial charge in [0.25, 0.3) is 0 Å². The summed E-state index contributed by atoms with van der Waals surface area (Å²) in [7, 11) is 1.47. The molecule has 2 unspecified atom stereocenters. The third-order valence-electron chi connectivity index (χ3n) is 12.4. The van der Waals surface area contributed by atoms with Crippen LogP contribution in [0.2, 0.25) is 0 Å². The van der Waals surface area contributed by atoms with Gasteiger partial charge < -0.3 is 18.9 Å². The third-order valence-corrected chi connectivity index (χ3v) is 13.4. The number of quaternary nitrogens is 1. The van der Waals surface area contributed by atoms with Crippen LogP contribution in [0.1, 0.15) is 245 Å². The maximum Gasteiger partial charge on any atom is 0.472 e. The number of nitrogens with zero attached hydrogens (tertiary/aromatic N) is 1. The SMILES string of the molecule is CC/C=C\C/C=C\C/C=C\C/C=C\C/C=C\C/C=C\CCCCCCCCCCCCCCCCCCC(=O)OC(COC(=O)CCCCCCC/C=C\CCCCCC)COP(=O)(O)OCC[N+](C)(C)C. The number of likely N-dealkylation sites (N-methyl/N-ethyl adjacent to an activating group) is 1. The summed E-state index contributed by atoms with van der Waals surface area (Å²) in [5.74, 6) is -0.805. The van der Waals surface area contributed by atoms with Crippen molar-refractivity contribution in [2.45, 2.75) is 251 Å². The summed E-state index contributed by atoms with van der Waals surface area (Å²) in [4.78, 5) is 35.6. The number of carbonyl (C=O) groups is 2. The zero-order valence-electron chi connectivity index (χ0n) is 47.1. The van der Waals surface area contributed by atoms with Crippen LogP contribution in [0.5, 0.6) is 0 Å². The Morgan fingerprint density at radius 3 is 1.19 bits per heavy atom. The summed E-state index contributed by atoms with van der Waals surface area (Å²) in [6, 6.07) is 0. The van der Waals surface area contributed by atoms with E-state index in [0.29, 0.717) is 17.4 Å². The maximum atomic E-state index is 12.8. The van der Waals surface area contributed by atoms with Gasteiger partial charge in [-0.3, -0.25) is 18.6 Å². The summed E-state index contributed by atoms with van der Waals surface area (Å²) in [6.45, 7) is 4.30. The van der Waals surface area contributed by atoms with Gasteiger partial charge in [0, 0.05) is 12.8 Å². The smallest absolute Gasteiger partial charge is 0.462 e. The molecule has 2 atom stereocenters. The molecule has 10 heteroatoms. The standard InChI is InChI=1S/C62H110NO8P/c1-6-8-10-12-14-16-18-20-21-22-23-24-25-26-27-28-29-30-31-32-33-34-35-36-37-38-39-40-41-43-45-47-49-51-53-55-62(65)71-60(59-70-72(66,67)69-57-56-63(3,4)5)58-68-61(64)54-52-50-48-46-44-42-19-17-15-13-11-9-7-2/h8,10,14,16-17,19-21,23-24,26-27,29-30,60H,6-7,9,11-13,15,18,22,25,28,31-59H2,1-5H3/p+1/b10-8-,16-14-,19-17-,21-20-,24-23-,27-26-,30-29-. The molecule has 0 aromatic rings. The molecular formula is C62H111NO8P+. The minimum atomic E-state index is -4.39. The Balaban J connectivity index is 4.03. The Morgan fingerprint density at radius 2 is 0.792 bits per heavy atom. The van der Waals surface area contributed by atoms with Gasteiger partial charge in [0.1, 0.15) is 19.8 Å². The topological polar surface area (TPSA) is 108 Å². The number of unbranched alkanes of at least 4 members (excludes halogenated alkanes) is 25. The van der Waals surface area contributed by atoms with Gasteiger partial charge in [-0.1, -0.05) is 227 Å². The molecule has 0 aliphatic heterocycles. The molecule has 9 nitrogen and oxygen atoms in total. The normalized spacial score (nSPS) is 13.9. The molecular weight excluding hydrogens is 918 g/mol. The summed E-state index contributed by atoms with van der Waals surface area (Å²) in [5.41, 5.74) is 0. The number of ether oxygens (including phenoxy) is 2. The van der Waals surface area contributed by atoms with Gasteiger partial charge >= 0.3 is 19.8 Å². The quantitative estimate of drug-likeness (QED) is 0.0211. The molecule has 0 fully saturated rings. The van der Waals surface area contributed by atoms with Crippen molar-refractivity contribution < 1.29 is 42.1 Å². The molecule has 72 heavy (non-hydrogen) atoms. The molecule has 0 aliphatic rings. The van der Waals surface area contributed by atoms with Crippen LogP contribution in [0.4, 0.5) is 0 Å². The van der Waals surface area contributed by atoms with Crippen LogP contribution in [-0.2, 0) is 32.7 Å². The number of hydrogen-bond donors (Lipinski definition) is 1. The minimum absolute atomic E-state index is 0.0288. The van der Waals surface area contributed by atoms with Gasteiger partial charge in [-0.15, -0.1) is 0 Å². The van der Waals surface area contributed by atoms with Crippen molar-refractivity contribution in [3.05, 3.63) is 85.1 Å². The van der Waals surface area contributed by atoms with Gasteiger partial charge in [-0.05, 0) is 89.9 Å². The molecule has 0 bridgehead atoms. The lowest BCUT2D eigenvalue weighted by Gasteiger charge is -2.24. The van der Waals surface area contributed by atoms with E-state index in [4.69, 9.17) is 18.5 Å². The van der Waals surface area contributed by atoms with Gasteiger partial charge in [0.05, 0.1) is 27.7 Å².